The second-order valence-corrected chi connectivity index (χ2v) is 7.46. The van der Waals surface area contributed by atoms with Crippen LogP contribution in [-0.4, -0.2) is 52.6 Å². The Bertz CT molecular complexity index is 1150. The quantitative estimate of drug-likeness (QED) is 0.555. The molecular weight excluding hydrogens is 382 g/mol. The molecule has 0 spiro atoms. The first kappa shape index (κ1) is 19.8. The highest BCUT2D eigenvalue weighted by atomic mass is 16.2. The van der Waals surface area contributed by atoms with Crippen molar-refractivity contribution >= 4 is 22.8 Å². The smallest absolute Gasteiger partial charge is 0.317 e. The van der Waals surface area contributed by atoms with Crippen molar-refractivity contribution < 1.29 is 9.59 Å². The van der Waals surface area contributed by atoms with Crippen LogP contribution in [0.1, 0.15) is 21.5 Å². The molecule has 3 heterocycles. The van der Waals surface area contributed by atoms with Crippen molar-refractivity contribution in [1.82, 2.24) is 25.1 Å². The van der Waals surface area contributed by atoms with Crippen LogP contribution in [-0.2, 0) is 13.0 Å². The molecule has 30 heavy (non-hydrogen) atoms. The van der Waals surface area contributed by atoms with Gasteiger partial charge in [0, 0.05) is 56.0 Å². The lowest BCUT2D eigenvalue weighted by Crippen LogP contribution is -2.39. The standard InChI is InChI=1S/C22H25N5O3/c1-15-6-10-26(11-7-16-14-25-18-5-3-2-4-17(16)18)21(29)19(15)20(28)23-8-12-27-13-9-24-22(27)30/h2-6,10,14,25H,7-9,11-13H2,1H3,(H,23,28)(H,24,30). The number of aromatic nitrogens is 2. The fourth-order valence-electron chi connectivity index (χ4n) is 3.81. The Hall–Kier alpha value is -3.55. The third kappa shape index (κ3) is 3.94. The molecule has 0 unspecified atom stereocenters. The van der Waals surface area contributed by atoms with Gasteiger partial charge >= 0.3 is 6.03 Å². The van der Waals surface area contributed by atoms with Crippen LogP contribution in [0.3, 0.4) is 0 Å². The number of fused-ring (bicyclic) bond motifs is 1. The number of nitrogens with zero attached hydrogens (tertiary/aromatic N) is 2. The summed E-state index contributed by atoms with van der Waals surface area (Å²) in [5, 5.41) is 6.63. The maximum Gasteiger partial charge on any atom is 0.317 e. The predicted molar refractivity (Wildman–Crippen MR) is 115 cm³/mol. The number of aryl methyl sites for hydroxylation is 3. The van der Waals surface area contributed by atoms with Crippen molar-refractivity contribution in [2.45, 2.75) is 19.9 Å². The van der Waals surface area contributed by atoms with Gasteiger partial charge in [0.1, 0.15) is 5.56 Å². The van der Waals surface area contributed by atoms with Crippen LogP contribution in [0.2, 0.25) is 0 Å². The van der Waals surface area contributed by atoms with Crippen molar-refractivity contribution in [3.05, 3.63) is 69.8 Å². The SMILES string of the molecule is Cc1ccn(CCc2c[nH]c3ccccc23)c(=O)c1C(=O)NCCN1CCNC1=O. The summed E-state index contributed by atoms with van der Waals surface area (Å²) in [6.07, 6.45) is 4.38. The molecule has 1 saturated heterocycles. The maximum absolute atomic E-state index is 12.9. The van der Waals surface area contributed by atoms with E-state index in [9.17, 15) is 14.4 Å². The zero-order valence-electron chi connectivity index (χ0n) is 16.9. The average Bonchev–Trinajstić information content (AvgIpc) is 3.34. The lowest BCUT2D eigenvalue weighted by molar-refractivity contribution is 0.0947. The van der Waals surface area contributed by atoms with E-state index in [4.69, 9.17) is 0 Å². The lowest BCUT2D eigenvalue weighted by atomic mass is 10.1. The van der Waals surface area contributed by atoms with Crippen molar-refractivity contribution in [1.29, 1.82) is 0 Å². The number of rotatable bonds is 7. The fourth-order valence-corrected chi connectivity index (χ4v) is 3.81. The normalized spacial score (nSPS) is 13.6. The van der Waals surface area contributed by atoms with Crippen LogP contribution in [0.15, 0.2) is 47.5 Å². The molecule has 4 rings (SSSR count). The average molecular weight is 407 g/mol. The minimum atomic E-state index is -0.404. The Kier molecular flexibility index (Phi) is 5.56. The molecule has 2 aromatic heterocycles. The van der Waals surface area contributed by atoms with Gasteiger partial charge in [-0.05, 0) is 36.6 Å². The van der Waals surface area contributed by atoms with E-state index in [0.29, 0.717) is 44.7 Å². The third-order valence-electron chi connectivity index (χ3n) is 5.51. The minimum Gasteiger partial charge on any atom is -0.361 e. The first-order chi connectivity index (χ1) is 14.5. The second-order valence-electron chi connectivity index (χ2n) is 7.46. The molecule has 0 radical (unpaired) electrons. The van der Waals surface area contributed by atoms with Crippen molar-refractivity contribution in [2.75, 3.05) is 26.2 Å². The highest BCUT2D eigenvalue weighted by Gasteiger charge is 2.20. The van der Waals surface area contributed by atoms with E-state index >= 15 is 0 Å². The molecule has 1 aliphatic rings. The van der Waals surface area contributed by atoms with Crippen LogP contribution in [0.4, 0.5) is 4.79 Å². The van der Waals surface area contributed by atoms with Gasteiger partial charge in [-0.25, -0.2) is 4.79 Å². The Morgan fingerprint density at radius 3 is 2.80 bits per heavy atom. The van der Waals surface area contributed by atoms with Gasteiger partial charge in [0.15, 0.2) is 0 Å². The van der Waals surface area contributed by atoms with Crippen molar-refractivity contribution in [3.63, 3.8) is 0 Å². The third-order valence-corrected chi connectivity index (χ3v) is 5.51. The number of benzene rings is 1. The number of aromatic amines is 1. The second kappa shape index (κ2) is 8.44. The molecule has 1 fully saturated rings. The van der Waals surface area contributed by atoms with Crippen LogP contribution >= 0.6 is 0 Å². The van der Waals surface area contributed by atoms with Crippen LogP contribution < -0.4 is 16.2 Å². The highest BCUT2D eigenvalue weighted by molar-refractivity contribution is 5.95. The molecule has 3 aromatic rings. The molecule has 0 bridgehead atoms. The maximum atomic E-state index is 12.9. The van der Waals surface area contributed by atoms with Gasteiger partial charge in [-0.1, -0.05) is 18.2 Å². The number of hydrogen-bond donors (Lipinski definition) is 3. The number of H-pyrrole nitrogens is 1. The van der Waals surface area contributed by atoms with E-state index in [1.807, 2.05) is 24.4 Å². The molecule has 8 nitrogen and oxygen atoms in total. The van der Waals surface area contributed by atoms with Gasteiger partial charge in [-0.3, -0.25) is 9.59 Å². The molecule has 0 saturated carbocycles. The molecule has 1 aliphatic heterocycles. The van der Waals surface area contributed by atoms with Gasteiger partial charge in [-0.15, -0.1) is 0 Å². The summed E-state index contributed by atoms with van der Waals surface area (Å²) in [5.41, 5.74) is 2.69. The minimum absolute atomic E-state index is 0.125. The number of pyridine rings is 1. The first-order valence-electron chi connectivity index (χ1n) is 10.1. The molecule has 3 amide bonds. The lowest BCUT2D eigenvalue weighted by Gasteiger charge is -2.15. The molecule has 0 aliphatic carbocycles. The summed E-state index contributed by atoms with van der Waals surface area (Å²) >= 11 is 0. The molecule has 0 atom stereocenters. The zero-order valence-corrected chi connectivity index (χ0v) is 16.9. The number of carbonyl (C=O) groups excluding carboxylic acids is 2. The van der Waals surface area contributed by atoms with Gasteiger partial charge < -0.3 is 25.1 Å². The monoisotopic (exact) mass is 407 g/mol. The van der Waals surface area contributed by atoms with E-state index < -0.39 is 5.91 Å². The summed E-state index contributed by atoms with van der Waals surface area (Å²) in [7, 11) is 0. The van der Waals surface area contributed by atoms with E-state index in [2.05, 4.69) is 21.7 Å². The summed E-state index contributed by atoms with van der Waals surface area (Å²) in [6.45, 7) is 4.20. The number of hydrogen-bond acceptors (Lipinski definition) is 3. The number of para-hydroxylation sites is 1. The summed E-state index contributed by atoms with van der Waals surface area (Å²) < 4.78 is 1.58. The predicted octanol–water partition coefficient (Wildman–Crippen LogP) is 1.64. The molecule has 3 N–H and O–H groups in total. The fraction of sp³-hybridized carbons (Fsp3) is 0.318. The number of urea groups is 1. The Labute approximate surface area is 173 Å². The van der Waals surface area contributed by atoms with Gasteiger partial charge in [0.05, 0.1) is 0 Å². The van der Waals surface area contributed by atoms with Crippen molar-refractivity contribution in [3.8, 4) is 0 Å². The molecule has 8 heteroatoms. The molecule has 1 aromatic carbocycles. The van der Waals surface area contributed by atoms with Gasteiger partial charge in [0.2, 0.25) is 0 Å². The van der Waals surface area contributed by atoms with Crippen LogP contribution in [0.5, 0.6) is 0 Å². The number of nitrogens with one attached hydrogen (secondary N) is 3. The Morgan fingerprint density at radius 1 is 1.17 bits per heavy atom. The molecular formula is C22H25N5O3. The van der Waals surface area contributed by atoms with E-state index in [-0.39, 0.29) is 17.2 Å². The summed E-state index contributed by atoms with van der Waals surface area (Å²) in [4.78, 5) is 42.0. The van der Waals surface area contributed by atoms with Crippen LogP contribution in [0.25, 0.3) is 10.9 Å². The zero-order chi connectivity index (χ0) is 21.1. The Morgan fingerprint density at radius 2 is 2.00 bits per heavy atom. The van der Waals surface area contributed by atoms with Gasteiger partial charge in [-0.2, -0.15) is 0 Å². The summed E-state index contributed by atoms with van der Waals surface area (Å²) in [5.74, 6) is -0.404. The largest absolute Gasteiger partial charge is 0.361 e. The van der Waals surface area contributed by atoms with Gasteiger partial charge in [0.25, 0.3) is 11.5 Å². The first-order valence-corrected chi connectivity index (χ1v) is 10.1. The number of amides is 3. The van der Waals surface area contributed by atoms with E-state index in [0.717, 1.165) is 16.5 Å². The molecule has 156 valence electrons. The summed E-state index contributed by atoms with van der Waals surface area (Å²) in [6, 6.07) is 9.71. The van der Waals surface area contributed by atoms with E-state index in [1.54, 1.807) is 28.7 Å². The van der Waals surface area contributed by atoms with Crippen molar-refractivity contribution in [2.24, 2.45) is 0 Å². The highest BCUT2D eigenvalue weighted by Crippen LogP contribution is 2.18. The Balaban J connectivity index is 1.44. The van der Waals surface area contributed by atoms with E-state index in [1.165, 1.54) is 0 Å². The topological polar surface area (TPSA) is 99.2 Å². The van der Waals surface area contributed by atoms with Crippen LogP contribution in [0, 0.1) is 6.92 Å². The number of carbonyl (C=O) groups is 2.